The van der Waals surface area contributed by atoms with Crippen molar-refractivity contribution in [2.45, 2.75) is 18.7 Å². The lowest BCUT2D eigenvalue weighted by Gasteiger charge is -2.35. The molecular formula is C31H33FN10O3. The van der Waals surface area contributed by atoms with E-state index in [1.807, 2.05) is 12.1 Å². The molecule has 1 aromatic carbocycles. The van der Waals surface area contributed by atoms with Crippen LogP contribution in [0.15, 0.2) is 64.7 Å². The van der Waals surface area contributed by atoms with Crippen molar-refractivity contribution in [3.63, 3.8) is 0 Å². The summed E-state index contributed by atoms with van der Waals surface area (Å²) in [5.74, 6) is 1.61. The van der Waals surface area contributed by atoms with E-state index in [0.29, 0.717) is 40.9 Å². The number of aromatic nitrogens is 3. The molecule has 0 bridgehead atoms. The van der Waals surface area contributed by atoms with Crippen LogP contribution in [-0.2, 0) is 4.79 Å². The molecule has 3 aliphatic rings. The van der Waals surface area contributed by atoms with Crippen molar-refractivity contribution in [1.82, 2.24) is 24.8 Å². The Kier molecular flexibility index (Phi) is 8.79. The Labute approximate surface area is 260 Å². The number of alkyl halides is 1. The number of halogens is 1. The zero-order valence-corrected chi connectivity index (χ0v) is 25.1. The quantitative estimate of drug-likeness (QED) is 0.401. The van der Waals surface area contributed by atoms with E-state index in [2.05, 4.69) is 53.4 Å². The van der Waals surface area contributed by atoms with E-state index in [9.17, 15) is 10.1 Å². The number of nitrogens with zero attached hydrogens (tertiary/aromatic N) is 9. The van der Waals surface area contributed by atoms with Crippen LogP contribution in [0.4, 0.5) is 21.7 Å². The topological polar surface area (TPSA) is 144 Å². The van der Waals surface area contributed by atoms with Gasteiger partial charge < -0.3 is 29.5 Å². The highest BCUT2D eigenvalue weighted by Gasteiger charge is 2.34. The number of nitriles is 1. The van der Waals surface area contributed by atoms with Crippen LogP contribution in [0.5, 0.6) is 11.6 Å². The Morgan fingerprint density at radius 3 is 2.67 bits per heavy atom. The second-order valence-corrected chi connectivity index (χ2v) is 11.0. The van der Waals surface area contributed by atoms with Gasteiger partial charge in [-0.15, -0.1) is 0 Å². The van der Waals surface area contributed by atoms with Crippen LogP contribution in [0.2, 0.25) is 0 Å². The van der Waals surface area contributed by atoms with Gasteiger partial charge in [-0.1, -0.05) is 0 Å². The van der Waals surface area contributed by atoms with Crippen LogP contribution in [-0.4, -0.2) is 103 Å². The highest BCUT2D eigenvalue weighted by molar-refractivity contribution is 5.94. The minimum Gasteiger partial charge on any atom is -0.486 e. The van der Waals surface area contributed by atoms with Crippen molar-refractivity contribution >= 4 is 23.2 Å². The van der Waals surface area contributed by atoms with Crippen molar-refractivity contribution in [2.24, 2.45) is 10.2 Å². The van der Waals surface area contributed by atoms with Crippen molar-refractivity contribution in [3.8, 4) is 29.0 Å². The molecule has 1 N–H and O–H groups in total. The zero-order valence-electron chi connectivity index (χ0n) is 25.1. The summed E-state index contributed by atoms with van der Waals surface area (Å²) in [5.41, 5.74) is 2.88. The predicted molar refractivity (Wildman–Crippen MR) is 164 cm³/mol. The molecule has 5 heterocycles. The number of hydrogen-bond acceptors (Lipinski definition) is 12. The van der Waals surface area contributed by atoms with E-state index in [0.717, 1.165) is 31.9 Å². The van der Waals surface area contributed by atoms with Crippen molar-refractivity contribution < 1.29 is 18.7 Å². The summed E-state index contributed by atoms with van der Waals surface area (Å²) in [6, 6.07) is 12.8. The predicted octanol–water partition coefficient (Wildman–Crippen LogP) is 3.58. The van der Waals surface area contributed by atoms with Gasteiger partial charge >= 0.3 is 0 Å². The summed E-state index contributed by atoms with van der Waals surface area (Å²) in [7, 11) is 3.72. The SMILES string of the molecule is COc1nc(Nc2cc(-c3ccc(O[C@H]4CCN(C(=O)C5=CN=NC5)C[C@H]4F)c(C#N)c3)ncn2)ccc1N1CCN(C)CC1. The fraction of sp³-hybridized carbons (Fsp3) is 0.387. The maximum atomic E-state index is 15.1. The molecule has 1 amide bonds. The number of likely N-dealkylation sites (tertiary alicyclic amines) is 1. The summed E-state index contributed by atoms with van der Waals surface area (Å²) in [4.78, 5) is 32.0. The first-order valence-electron chi connectivity index (χ1n) is 14.7. The molecule has 2 fully saturated rings. The third kappa shape index (κ3) is 6.68. The van der Waals surface area contributed by atoms with E-state index in [-0.39, 0.29) is 36.7 Å². The molecule has 2 atom stereocenters. The van der Waals surface area contributed by atoms with Crippen LogP contribution in [0.1, 0.15) is 12.0 Å². The van der Waals surface area contributed by atoms with Crippen LogP contribution in [0.25, 0.3) is 11.3 Å². The highest BCUT2D eigenvalue weighted by Crippen LogP contribution is 2.32. The molecule has 3 aliphatic heterocycles. The summed E-state index contributed by atoms with van der Waals surface area (Å²) in [5, 5.41) is 20.6. The first-order chi connectivity index (χ1) is 21.9. The standard InChI is InChI=1S/C31H33FN10O3/c1-40-9-11-41(12-10-40)25-4-6-28(39-30(25)44-2)38-29-14-24(34-19-35-29)20-3-5-26(21(13-20)15-33)45-27-7-8-42(18-23(27)32)31(43)22-16-36-37-17-22/h3-6,13-14,16,19,23,27H,7-12,17-18H2,1-2H3,(H,34,35,38,39)/t23-,27+/m1/s1. The number of ether oxygens (including phenoxy) is 2. The molecule has 13 nitrogen and oxygen atoms in total. The van der Waals surface area contributed by atoms with E-state index >= 15 is 4.39 Å². The van der Waals surface area contributed by atoms with E-state index < -0.39 is 12.3 Å². The number of piperazine rings is 1. The van der Waals surface area contributed by atoms with Gasteiger partial charge in [0.2, 0.25) is 5.88 Å². The lowest BCUT2D eigenvalue weighted by Crippen LogP contribution is -2.49. The van der Waals surface area contributed by atoms with Gasteiger partial charge in [0.1, 0.15) is 41.6 Å². The fourth-order valence-corrected chi connectivity index (χ4v) is 5.49. The Morgan fingerprint density at radius 1 is 1.09 bits per heavy atom. The monoisotopic (exact) mass is 612 g/mol. The third-order valence-corrected chi connectivity index (χ3v) is 8.05. The van der Waals surface area contributed by atoms with Gasteiger partial charge in [-0.05, 0) is 37.4 Å². The molecule has 14 heteroatoms. The molecule has 2 saturated heterocycles. The average Bonchev–Trinajstić information content (AvgIpc) is 3.61. The zero-order chi connectivity index (χ0) is 31.3. The van der Waals surface area contributed by atoms with Gasteiger partial charge in [0, 0.05) is 50.8 Å². The number of nitrogens with one attached hydrogen (secondary N) is 1. The Balaban J connectivity index is 1.12. The molecule has 0 saturated carbocycles. The van der Waals surface area contributed by atoms with Crippen LogP contribution in [0.3, 0.4) is 0 Å². The summed E-state index contributed by atoms with van der Waals surface area (Å²) in [6.45, 7) is 4.18. The van der Waals surface area contributed by atoms with E-state index in [1.165, 1.54) is 17.4 Å². The molecule has 0 aliphatic carbocycles. The van der Waals surface area contributed by atoms with Crippen molar-refractivity contribution in [3.05, 3.63) is 60.1 Å². The number of hydrogen-bond donors (Lipinski definition) is 1. The average molecular weight is 613 g/mol. The number of rotatable bonds is 8. The van der Waals surface area contributed by atoms with Crippen molar-refractivity contribution in [2.75, 3.05) is 70.2 Å². The van der Waals surface area contributed by atoms with E-state index in [1.54, 1.807) is 31.4 Å². The number of piperidine rings is 1. The molecule has 6 rings (SSSR count). The summed E-state index contributed by atoms with van der Waals surface area (Å²) < 4.78 is 26.7. The number of pyridine rings is 1. The maximum absolute atomic E-state index is 15.1. The number of carbonyl (C=O) groups is 1. The number of methoxy groups -OCH3 is 1. The largest absolute Gasteiger partial charge is 0.486 e. The summed E-state index contributed by atoms with van der Waals surface area (Å²) in [6.07, 6.45) is 0.924. The third-order valence-electron chi connectivity index (χ3n) is 8.05. The second kappa shape index (κ2) is 13.2. The highest BCUT2D eigenvalue weighted by atomic mass is 19.1. The summed E-state index contributed by atoms with van der Waals surface area (Å²) >= 11 is 0. The van der Waals surface area contributed by atoms with Crippen LogP contribution >= 0.6 is 0 Å². The molecule has 232 valence electrons. The fourth-order valence-electron chi connectivity index (χ4n) is 5.49. The van der Waals surface area contributed by atoms with Crippen molar-refractivity contribution in [1.29, 1.82) is 5.26 Å². The number of azo groups is 1. The van der Waals surface area contributed by atoms with Crippen LogP contribution in [0, 0.1) is 11.3 Å². The second-order valence-electron chi connectivity index (χ2n) is 11.0. The van der Waals surface area contributed by atoms with Gasteiger partial charge in [-0.2, -0.15) is 20.5 Å². The molecular weight excluding hydrogens is 579 g/mol. The lowest BCUT2D eigenvalue weighted by molar-refractivity contribution is -0.130. The number of carbonyl (C=O) groups excluding carboxylic acids is 1. The molecule has 3 aromatic rings. The van der Waals surface area contributed by atoms with Gasteiger partial charge in [0.15, 0.2) is 6.17 Å². The van der Waals surface area contributed by atoms with Gasteiger partial charge in [-0.3, -0.25) is 4.79 Å². The molecule has 0 radical (unpaired) electrons. The Hall–Kier alpha value is -5.16. The van der Waals surface area contributed by atoms with E-state index in [4.69, 9.17) is 9.47 Å². The number of amides is 1. The maximum Gasteiger partial charge on any atom is 0.253 e. The molecule has 45 heavy (non-hydrogen) atoms. The first kappa shape index (κ1) is 29.9. The van der Waals surface area contributed by atoms with Gasteiger partial charge in [0.05, 0.1) is 43.2 Å². The first-order valence-corrected chi connectivity index (χ1v) is 14.7. The number of likely N-dealkylation sites (N-methyl/N-ethyl adjacent to an activating group) is 1. The smallest absolute Gasteiger partial charge is 0.253 e. The Morgan fingerprint density at radius 2 is 1.93 bits per heavy atom. The molecule has 2 aromatic heterocycles. The molecule has 0 spiro atoms. The van der Waals surface area contributed by atoms with Gasteiger partial charge in [0.25, 0.3) is 5.91 Å². The minimum absolute atomic E-state index is 0.100. The number of benzene rings is 1. The number of anilines is 3. The normalized spacial score (nSPS) is 20.0. The van der Waals surface area contributed by atoms with Gasteiger partial charge in [-0.25, -0.2) is 14.4 Å². The van der Waals surface area contributed by atoms with Crippen LogP contribution < -0.4 is 19.7 Å². The molecule has 0 unspecified atom stereocenters. The Bertz CT molecular complexity index is 1670. The minimum atomic E-state index is -1.41. The lowest BCUT2D eigenvalue weighted by atomic mass is 10.0.